The quantitative estimate of drug-likeness (QED) is 0.373. The van der Waals surface area contributed by atoms with Crippen molar-refractivity contribution in [2.45, 2.75) is 0 Å². The van der Waals surface area contributed by atoms with Crippen LogP contribution in [0.15, 0.2) is 59.2 Å². The molecule has 0 spiro atoms. The van der Waals surface area contributed by atoms with Crippen LogP contribution < -0.4 is 4.74 Å². The van der Waals surface area contributed by atoms with Gasteiger partial charge in [0.15, 0.2) is 5.70 Å². The number of esters is 1. The molecule has 0 atom stereocenters. The number of nitro benzene ring substituents is 1. The number of ether oxygens (including phenoxy) is 2. The van der Waals surface area contributed by atoms with E-state index in [-0.39, 0.29) is 17.3 Å². The van der Waals surface area contributed by atoms with Crippen LogP contribution in [0.25, 0.3) is 6.08 Å². The number of cyclic esters (lactones) is 1. The van der Waals surface area contributed by atoms with Crippen LogP contribution in [0, 0.1) is 10.1 Å². The van der Waals surface area contributed by atoms with E-state index >= 15 is 0 Å². The lowest BCUT2D eigenvalue weighted by Crippen LogP contribution is -2.05. The van der Waals surface area contributed by atoms with E-state index in [9.17, 15) is 14.9 Å². The zero-order valence-corrected chi connectivity index (χ0v) is 12.6. The van der Waals surface area contributed by atoms with Crippen molar-refractivity contribution < 1.29 is 19.2 Å². The third-order valence-corrected chi connectivity index (χ3v) is 3.36. The Hall–Kier alpha value is -3.48. The molecule has 7 nitrogen and oxygen atoms in total. The van der Waals surface area contributed by atoms with Gasteiger partial charge >= 0.3 is 5.97 Å². The molecule has 0 amide bonds. The smallest absolute Gasteiger partial charge is 0.363 e. The lowest BCUT2D eigenvalue weighted by molar-refractivity contribution is -0.384. The molecule has 1 aliphatic heterocycles. The maximum absolute atomic E-state index is 11.9. The van der Waals surface area contributed by atoms with Gasteiger partial charge in [-0.25, -0.2) is 9.79 Å². The summed E-state index contributed by atoms with van der Waals surface area (Å²) in [6.07, 6.45) is 1.60. The van der Waals surface area contributed by atoms with Gasteiger partial charge in [0, 0.05) is 17.7 Å². The highest BCUT2D eigenvalue weighted by Gasteiger charge is 2.24. The van der Waals surface area contributed by atoms with E-state index in [4.69, 9.17) is 9.47 Å². The molecule has 3 rings (SSSR count). The lowest BCUT2D eigenvalue weighted by atomic mass is 10.2. The molecule has 0 radical (unpaired) electrons. The third kappa shape index (κ3) is 3.14. The van der Waals surface area contributed by atoms with Crippen LogP contribution in [-0.2, 0) is 9.53 Å². The molecule has 0 saturated carbocycles. The predicted molar refractivity (Wildman–Crippen MR) is 86.7 cm³/mol. The van der Waals surface area contributed by atoms with Gasteiger partial charge in [0.05, 0.1) is 12.0 Å². The molecule has 0 saturated heterocycles. The highest BCUT2D eigenvalue weighted by Crippen LogP contribution is 2.21. The number of nitrogens with zero attached hydrogens (tertiary/aromatic N) is 2. The number of nitro groups is 1. The summed E-state index contributed by atoms with van der Waals surface area (Å²) in [6.45, 7) is 0. The molecule has 0 aliphatic carbocycles. The molecular weight excluding hydrogens is 312 g/mol. The topological polar surface area (TPSA) is 91.0 Å². The van der Waals surface area contributed by atoms with Crippen molar-refractivity contribution in [1.29, 1.82) is 0 Å². The van der Waals surface area contributed by atoms with Crippen molar-refractivity contribution in [3.63, 3.8) is 0 Å². The maximum atomic E-state index is 11.9. The summed E-state index contributed by atoms with van der Waals surface area (Å²) >= 11 is 0. The third-order valence-electron chi connectivity index (χ3n) is 3.36. The van der Waals surface area contributed by atoms with Gasteiger partial charge in [-0.2, -0.15) is 0 Å². The minimum Gasteiger partial charge on any atom is -0.497 e. The number of carbonyl (C=O) groups excluding carboxylic acids is 1. The predicted octanol–water partition coefficient (Wildman–Crippen LogP) is 2.95. The fourth-order valence-corrected chi connectivity index (χ4v) is 2.12. The Morgan fingerprint density at radius 3 is 2.38 bits per heavy atom. The molecule has 0 N–H and O–H groups in total. The van der Waals surface area contributed by atoms with Gasteiger partial charge in [-0.05, 0) is 35.9 Å². The summed E-state index contributed by atoms with van der Waals surface area (Å²) in [5.74, 6) is 0.259. The monoisotopic (exact) mass is 324 g/mol. The summed E-state index contributed by atoms with van der Waals surface area (Å²) in [7, 11) is 1.57. The Morgan fingerprint density at radius 2 is 1.79 bits per heavy atom. The number of hydrogen-bond acceptors (Lipinski definition) is 6. The fourth-order valence-electron chi connectivity index (χ4n) is 2.12. The summed E-state index contributed by atoms with van der Waals surface area (Å²) in [6, 6.07) is 12.8. The molecule has 0 bridgehead atoms. The van der Waals surface area contributed by atoms with Crippen molar-refractivity contribution >= 4 is 23.6 Å². The molecular formula is C17H12N2O5. The van der Waals surface area contributed by atoms with Gasteiger partial charge in [0.25, 0.3) is 5.69 Å². The van der Waals surface area contributed by atoms with Crippen LogP contribution in [0.1, 0.15) is 11.1 Å². The average molecular weight is 324 g/mol. The van der Waals surface area contributed by atoms with Crippen molar-refractivity contribution in [1.82, 2.24) is 0 Å². The molecule has 1 aliphatic rings. The normalized spacial score (nSPS) is 15.1. The van der Waals surface area contributed by atoms with Crippen LogP contribution in [-0.4, -0.2) is 23.9 Å². The van der Waals surface area contributed by atoms with Crippen molar-refractivity contribution in [3.05, 3.63) is 75.5 Å². The molecule has 24 heavy (non-hydrogen) atoms. The minimum atomic E-state index is -0.570. The molecule has 120 valence electrons. The first kappa shape index (κ1) is 15.4. The highest BCUT2D eigenvalue weighted by atomic mass is 16.6. The molecule has 0 fully saturated rings. The first-order valence-electron chi connectivity index (χ1n) is 6.98. The Morgan fingerprint density at radius 1 is 1.12 bits per heavy atom. The van der Waals surface area contributed by atoms with E-state index in [1.165, 1.54) is 24.3 Å². The standard InChI is InChI=1S/C17H12N2O5/c1-23-14-8-2-11(3-9-14)10-15-17(20)24-16(18-15)12-4-6-13(7-5-12)19(21)22/h2-10H,1H3. The number of non-ortho nitro benzene ring substituents is 1. The second kappa shape index (κ2) is 6.33. The lowest BCUT2D eigenvalue weighted by Gasteiger charge is -1.99. The average Bonchev–Trinajstić information content (AvgIpc) is 2.96. The molecule has 0 unspecified atom stereocenters. The zero-order chi connectivity index (χ0) is 17.1. The van der Waals surface area contributed by atoms with Crippen LogP contribution >= 0.6 is 0 Å². The second-order valence-electron chi connectivity index (χ2n) is 4.91. The van der Waals surface area contributed by atoms with Crippen LogP contribution in [0.2, 0.25) is 0 Å². The van der Waals surface area contributed by atoms with E-state index < -0.39 is 10.9 Å². The van der Waals surface area contributed by atoms with Gasteiger partial charge in [-0.1, -0.05) is 12.1 Å². The highest BCUT2D eigenvalue weighted by molar-refractivity contribution is 6.12. The van der Waals surface area contributed by atoms with Gasteiger partial charge in [0.2, 0.25) is 5.90 Å². The first-order chi connectivity index (χ1) is 11.6. The molecule has 2 aromatic carbocycles. The number of rotatable bonds is 4. The zero-order valence-electron chi connectivity index (χ0n) is 12.6. The second-order valence-corrected chi connectivity index (χ2v) is 4.91. The Balaban J connectivity index is 1.86. The summed E-state index contributed by atoms with van der Waals surface area (Å²) < 4.78 is 10.2. The molecule has 2 aromatic rings. The van der Waals surface area contributed by atoms with Crippen LogP contribution in [0.3, 0.4) is 0 Å². The van der Waals surface area contributed by atoms with E-state index in [0.29, 0.717) is 11.3 Å². The summed E-state index contributed by atoms with van der Waals surface area (Å²) in [5.41, 5.74) is 1.38. The molecule has 0 aromatic heterocycles. The number of hydrogen-bond donors (Lipinski definition) is 0. The van der Waals surface area contributed by atoms with Gasteiger partial charge in [-0.15, -0.1) is 0 Å². The van der Waals surface area contributed by atoms with Crippen LogP contribution in [0.4, 0.5) is 5.69 Å². The summed E-state index contributed by atoms with van der Waals surface area (Å²) in [5, 5.41) is 10.7. The maximum Gasteiger partial charge on any atom is 0.363 e. The Kier molecular flexibility index (Phi) is 4.07. The first-order valence-corrected chi connectivity index (χ1v) is 6.98. The number of methoxy groups -OCH3 is 1. The number of aliphatic imine (C=N–C) groups is 1. The van der Waals surface area contributed by atoms with Gasteiger partial charge < -0.3 is 9.47 Å². The van der Waals surface area contributed by atoms with E-state index in [1.807, 2.05) is 0 Å². The number of benzene rings is 2. The SMILES string of the molecule is COc1ccc(C=C2N=C(c3ccc([N+](=O)[O-])cc3)OC2=O)cc1. The van der Waals surface area contributed by atoms with Crippen molar-refractivity contribution in [2.24, 2.45) is 4.99 Å². The minimum absolute atomic E-state index is 0.0438. The van der Waals surface area contributed by atoms with Gasteiger partial charge in [-0.3, -0.25) is 10.1 Å². The van der Waals surface area contributed by atoms with Crippen molar-refractivity contribution in [2.75, 3.05) is 7.11 Å². The van der Waals surface area contributed by atoms with Gasteiger partial charge in [0.1, 0.15) is 5.75 Å². The van der Waals surface area contributed by atoms with Crippen molar-refractivity contribution in [3.8, 4) is 5.75 Å². The molecule has 7 heteroatoms. The molecule has 1 heterocycles. The largest absolute Gasteiger partial charge is 0.497 e. The van der Waals surface area contributed by atoms with E-state index in [0.717, 1.165) is 5.56 Å². The Labute approximate surface area is 137 Å². The summed E-state index contributed by atoms with van der Waals surface area (Å²) in [4.78, 5) is 26.2. The number of carbonyl (C=O) groups is 1. The fraction of sp³-hybridized carbons (Fsp3) is 0.0588. The van der Waals surface area contributed by atoms with E-state index in [1.54, 1.807) is 37.5 Å². The Bertz CT molecular complexity index is 852. The van der Waals surface area contributed by atoms with E-state index in [2.05, 4.69) is 4.99 Å². The van der Waals surface area contributed by atoms with Crippen LogP contribution in [0.5, 0.6) is 5.75 Å².